The number of hydrogen-bond donors (Lipinski definition) is 2. The van der Waals surface area contributed by atoms with Gasteiger partial charge < -0.3 is 4.74 Å². The Hall–Kier alpha value is -4.18. The minimum Gasteiger partial charge on any atom is -0.423 e. The lowest BCUT2D eigenvalue weighted by molar-refractivity contribution is 0.0734. The van der Waals surface area contributed by atoms with Gasteiger partial charge in [-0.3, -0.25) is 9.52 Å². The molecule has 0 saturated heterocycles. The Balaban J connectivity index is 1.31. The molecule has 0 heterocycles. The normalized spacial score (nSPS) is 11.3. The van der Waals surface area contributed by atoms with Crippen LogP contribution in [0.15, 0.2) is 101 Å². The molecular weight excluding hydrogens is 561 g/mol. The molecule has 1 amide bonds. The monoisotopic (exact) mass is 581 g/mol. The zero-order chi connectivity index (χ0) is 28.0. The number of carbonyl (C=O) groups excluding carboxylic acids is 2. The summed E-state index contributed by atoms with van der Waals surface area (Å²) in [5.74, 6) is -0.811. The number of carbonyl (C=O) groups is 2. The molecule has 0 spiro atoms. The first-order valence-corrected chi connectivity index (χ1v) is 13.6. The van der Waals surface area contributed by atoms with Crippen LogP contribution in [0.3, 0.4) is 0 Å². The Bertz CT molecular complexity index is 1640. The smallest absolute Gasteiger partial charge is 0.345 e. The summed E-state index contributed by atoms with van der Waals surface area (Å²) in [7, 11) is -3.75. The summed E-state index contributed by atoms with van der Waals surface area (Å²) in [6.07, 6.45) is 1.42. The van der Waals surface area contributed by atoms with Crippen LogP contribution in [-0.2, 0) is 10.0 Å². The number of rotatable bonds is 8. The van der Waals surface area contributed by atoms with E-state index >= 15 is 0 Å². The molecule has 198 valence electrons. The third-order valence-electron chi connectivity index (χ3n) is 5.35. The highest BCUT2D eigenvalue weighted by molar-refractivity contribution is 7.92. The van der Waals surface area contributed by atoms with Crippen LogP contribution in [0.4, 0.5) is 5.69 Å². The number of hydrogen-bond acceptors (Lipinski definition) is 6. The van der Waals surface area contributed by atoms with Crippen molar-refractivity contribution in [2.75, 3.05) is 4.72 Å². The van der Waals surface area contributed by atoms with Crippen LogP contribution in [0.5, 0.6) is 5.75 Å². The molecule has 0 aliphatic rings. The van der Waals surface area contributed by atoms with Crippen molar-refractivity contribution in [3.05, 3.63) is 123 Å². The largest absolute Gasteiger partial charge is 0.423 e. The van der Waals surface area contributed by atoms with E-state index in [2.05, 4.69) is 15.2 Å². The molecule has 0 saturated carbocycles. The van der Waals surface area contributed by atoms with E-state index in [0.717, 1.165) is 5.56 Å². The number of esters is 1. The van der Waals surface area contributed by atoms with E-state index in [9.17, 15) is 18.0 Å². The van der Waals surface area contributed by atoms with Crippen molar-refractivity contribution < 1.29 is 22.7 Å². The van der Waals surface area contributed by atoms with Gasteiger partial charge in [0.05, 0.1) is 21.7 Å². The van der Waals surface area contributed by atoms with Gasteiger partial charge in [-0.2, -0.15) is 5.10 Å². The summed E-state index contributed by atoms with van der Waals surface area (Å²) in [6, 6.07) is 23.3. The number of anilines is 1. The van der Waals surface area contributed by atoms with E-state index < -0.39 is 21.9 Å². The van der Waals surface area contributed by atoms with Crippen LogP contribution in [-0.4, -0.2) is 26.5 Å². The molecule has 4 rings (SSSR count). The Morgan fingerprint density at radius 1 is 0.872 bits per heavy atom. The van der Waals surface area contributed by atoms with E-state index in [0.29, 0.717) is 22.0 Å². The third kappa shape index (κ3) is 7.44. The van der Waals surface area contributed by atoms with Crippen LogP contribution in [0.1, 0.15) is 31.8 Å². The fraction of sp³-hybridized carbons (Fsp3) is 0.0357. The second kappa shape index (κ2) is 12.1. The number of ether oxygens (including phenoxy) is 1. The standard InChI is InChI=1S/C28H21Cl2N3O5S/c1-18-2-13-24(14-3-18)39(36,37)33-22-9-6-20(7-10-22)27(34)32-31-17-19-4-11-23(12-5-19)38-28(35)25-15-8-21(29)16-26(25)30/h2-17,33H,1H3,(H,32,34)/b31-17+. The first-order chi connectivity index (χ1) is 18.6. The number of hydrazone groups is 1. The van der Waals surface area contributed by atoms with Crippen molar-refractivity contribution in [2.24, 2.45) is 5.10 Å². The second-order valence-corrected chi connectivity index (χ2v) is 10.8. The van der Waals surface area contributed by atoms with Crippen LogP contribution in [0, 0.1) is 6.92 Å². The van der Waals surface area contributed by atoms with Crippen molar-refractivity contribution >= 4 is 57.0 Å². The number of halogens is 2. The zero-order valence-electron chi connectivity index (χ0n) is 20.4. The highest BCUT2D eigenvalue weighted by Gasteiger charge is 2.15. The highest BCUT2D eigenvalue weighted by atomic mass is 35.5. The van der Waals surface area contributed by atoms with E-state index in [4.69, 9.17) is 27.9 Å². The predicted octanol–water partition coefficient (Wildman–Crippen LogP) is 6.09. The molecule has 0 aliphatic carbocycles. The molecule has 0 aliphatic heterocycles. The van der Waals surface area contributed by atoms with Crippen LogP contribution in [0.25, 0.3) is 0 Å². The van der Waals surface area contributed by atoms with Crippen LogP contribution < -0.4 is 14.9 Å². The number of aryl methyl sites for hydroxylation is 1. The molecule has 8 nitrogen and oxygen atoms in total. The minimum atomic E-state index is -3.75. The maximum Gasteiger partial charge on any atom is 0.345 e. The quantitative estimate of drug-likeness (QED) is 0.113. The topological polar surface area (TPSA) is 114 Å². The Morgan fingerprint density at radius 3 is 2.18 bits per heavy atom. The van der Waals surface area contributed by atoms with Gasteiger partial charge in [-0.05, 0) is 91.3 Å². The number of nitrogens with zero attached hydrogens (tertiary/aromatic N) is 1. The van der Waals surface area contributed by atoms with Gasteiger partial charge in [-0.1, -0.05) is 40.9 Å². The Labute approximate surface area is 235 Å². The zero-order valence-corrected chi connectivity index (χ0v) is 22.7. The molecular formula is C28H21Cl2N3O5S. The third-order valence-corrected chi connectivity index (χ3v) is 7.30. The van der Waals surface area contributed by atoms with E-state index in [1.807, 2.05) is 6.92 Å². The average Bonchev–Trinajstić information content (AvgIpc) is 2.90. The number of sulfonamides is 1. The van der Waals surface area contributed by atoms with Crippen molar-refractivity contribution in [3.63, 3.8) is 0 Å². The van der Waals surface area contributed by atoms with Crippen molar-refractivity contribution in [3.8, 4) is 5.75 Å². The summed E-state index contributed by atoms with van der Waals surface area (Å²) in [4.78, 5) is 24.9. The van der Waals surface area contributed by atoms with Gasteiger partial charge in [-0.15, -0.1) is 0 Å². The van der Waals surface area contributed by atoms with Gasteiger partial charge >= 0.3 is 5.97 Å². The second-order valence-electron chi connectivity index (χ2n) is 8.28. The van der Waals surface area contributed by atoms with E-state index in [1.165, 1.54) is 54.7 Å². The summed E-state index contributed by atoms with van der Waals surface area (Å²) in [5, 5.41) is 4.52. The van der Waals surface area contributed by atoms with Gasteiger partial charge in [0.1, 0.15) is 5.75 Å². The fourth-order valence-electron chi connectivity index (χ4n) is 3.29. The minimum absolute atomic E-state index is 0.140. The molecule has 0 unspecified atom stereocenters. The maximum absolute atomic E-state index is 12.5. The fourth-order valence-corrected chi connectivity index (χ4v) is 4.83. The first-order valence-electron chi connectivity index (χ1n) is 11.4. The van der Waals surface area contributed by atoms with Gasteiger partial charge in [0.15, 0.2) is 0 Å². The van der Waals surface area contributed by atoms with E-state index in [-0.39, 0.29) is 21.0 Å². The lowest BCUT2D eigenvalue weighted by atomic mass is 10.2. The molecule has 0 radical (unpaired) electrons. The van der Waals surface area contributed by atoms with Gasteiger partial charge in [0, 0.05) is 16.3 Å². The number of nitrogens with one attached hydrogen (secondary N) is 2. The number of benzene rings is 4. The SMILES string of the molecule is Cc1ccc(S(=O)(=O)Nc2ccc(C(=O)N/N=C/c3ccc(OC(=O)c4ccc(Cl)cc4Cl)cc3)cc2)cc1. The molecule has 11 heteroatoms. The highest BCUT2D eigenvalue weighted by Crippen LogP contribution is 2.23. The molecule has 4 aromatic rings. The molecule has 0 bridgehead atoms. The molecule has 4 aromatic carbocycles. The van der Waals surface area contributed by atoms with Crippen molar-refractivity contribution in [2.45, 2.75) is 11.8 Å². The van der Waals surface area contributed by atoms with E-state index in [1.54, 1.807) is 42.5 Å². The Kier molecular flexibility index (Phi) is 8.65. The molecule has 0 fully saturated rings. The summed E-state index contributed by atoms with van der Waals surface area (Å²) < 4.78 is 32.9. The van der Waals surface area contributed by atoms with Gasteiger partial charge in [-0.25, -0.2) is 18.6 Å². The van der Waals surface area contributed by atoms with Crippen molar-refractivity contribution in [1.82, 2.24) is 5.43 Å². The lowest BCUT2D eigenvalue weighted by Gasteiger charge is -2.09. The lowest BCUT2D eigenvalue weighted by Crippen LogP contribution is -2.18. The molecule has 0 aromatic heterocycles. The van der Waals surface area contributed by atoms with Crippen LogP contribution >= 0.6 is 23.2 Å². The summed E-state index contributed by atoms with van der Waals surface area (Å²) in [5.41, 5.74) is 4.78. The first kappa shape index (κ1) is 27.8. The molecule has 39 heavy (non-hydrogen) atoms. The average molecular weight is 582 g/mol. The maximum atomic E-state index is 12.5. The van der Waals surface area contributed by atoms with Crippen molar-refractivity contribution in [1.29, 1.82) is 0 Å². The molecule has 0 atom stereocenters. The number of amides is 1. The Morgan fingerprint density at radius 2 is 1.54 bits per heavy atom. The van der Waals surface area contributed by atoms with Gasteiger partial charge in [0.25, 0.3) is 15.9 Å². The molecule has 2 N–H and O–H groups in total. The van der Waals surface area contributed by atoms with Gasteiger partial charge in [0.2, 0.25) is 0 Å². The predicted molar refractivity (Wildman–Crippen MR) is 151 cm³/mol. The summed E-state index contributed by atoms with van der Waals surface area (Å²) >= 11 is 11.9. The van der Waals surface area contributed by atoms with Crippen LogP contribution in [0.2, 0.25) is 10.0 Å². The summed E-state index contributed by atoms with van der Waals surface area (Å²) in [6.45, 7) is 1.87.